The van der Waals surface area contributed by atoms with E-state index in [9.17, 15) is 4.39 Å². The van der Waals surface area contributed by atoms with Crippen LogP contribution in [-0.2, 0) is 13.2 Å². The van der Waals surface area contributed by atoms with E-state index in [0.29, 0.717) is 22.9 Å². The zero-order valence-corrected chi connectivity index (χ0v) is 13.3. The second-order valence-corrected chi connectivity index (χ2v) is 5.73. The van der Waals surface area contributed by atoms with Gasteiger partial charge in [-0.15, -0.1) is 0 Å². The SMILES string of the molecule is Cc1cc(Br)cc(CN)c1OCc1c(F)cccc1Cl. The molecule has 0 radical (unpaired) electrons. The van der Waals surface area contributed by atoms with Crippen LogP contribution < -0.4 is 10.5 Å². The van der Waals surface area contributed by atoms with Gasteiger partial charge in [0.25, 0.3) is 0 Å². The molecule has 0 bridgehead atoms. The summed E-state index contributed by atoms with van der Waals surface area (Å²) in [7, 11) is 0. The maximum atomic E-state index is 13.7. The molecular formula is C15H14BrClFNO. The van der Waals surface area contributed by atoms with Gasteiger partial charge in [0.05, 0.1) is 5.02 Å². The average Bonchev–Trinajstić information content (AvgIpc) is 2.39. The normalized spacial score (nSPS) is 10.7. The Bertz CT molecular complexity index is 613. The Morgan fingerprint density at radius 2 is 2.10 bits per heavy atom. The van der Waals surface area contributed by atoms with Crippen molar-refractivity contribution in [2.45, 2.75) is 20.1 Å². The van der Waals surface area contributed by atoms with E-state index in [1.165, 1.54) is 6.07 Å². The molecule has 20 heavy (non-hydrogen) atoms. The molecule has 0 heterocycles. The molecule has 0 saturated heterocycles. The molecule has 0 aliphatic carbocycles. The molecule has 0 amide bonds. The zero-order valence-electron chi connectivity index (χ0n) is 10.9. The lowest BCUT2D eigenvalue weighted by Gasteiger charge is -2.15. The summed E-state index contributed by atoms with van der Waals surface area (Å²) in [5.74, 6) is 0.302. The van der Waals surface area contributed by atoms with Crippen LogP contribution in [0.3, 0.4) is 0 Å². The smallest absolute Gasteiger partial charge is 0.131 e. The zero-order chi connectivity index (χ0) is 14.7. The molecule has 2 rings (SSSR count). The minimum atomic E-state index is -0.374. The van der Waals surface area contributed by atoms with Gasteiger partial charge in [0, 0.05) is 22.1 Å². The van der Waals surface area contributed by atoms with Crippen LogP contribution in [0.15, 0.2) is 34.8 Å². The highest BCUT2D eigenvalue weighted by atomic mass is 79.9. The van der Waals surface area contributed by atoms with Crippen molar-refractivity contribution in [3.8, 4) is 5.75 Å². The standard InChI is InChI=1S/C15H14BrClFNO/c1-9-5-11(16)6-10(7-19)15(9)20-8-12-13(17)3-2-4-14(12)18/h2-6H,7-8,19H2,1H3. The van der Waals surface area contributed by atoms with Crippen molar-refractivity contribution in [3.05, 3.63) is 62.3 Å². The molecule has 0 spiro atoms. The number of hydrogen-bond acceptors (Lipinski definition) is 2. The van der Waals surface area contributed by atoms with E-state index in [1.807, 2.05) is 19.1 Å². The van der Waals surface area contributed by atoms with Crippen molar-refractivity contribution in [2.75, 3.05) is 0 Å². The second-order valence-electron chi connectivity index (χ2n) is 4.40. The fourth-order valence-corrected chi connectivity index (χ4v) is 2.81. The molecule has 0 aromatic heterocycles. The first-order chi connectivity index (χ1) is 9.52. The monoisotopic (exact) mass is 357 g/mol. The molecule has 2 N–H and O–H groups in total. The predicted octanol–water partition coefficient (Wildman–Crippen LogP) is 4.59. The third-order valence-corrected chi connectivity index (χ3v) is 3.77. The Hall–Kier alpha value is -1.10. The van der Waals surface area contributed by atoms with Crippen LogP contribution in [0.5, 0.6) is 5.75 Å². The lowest BCUT2D eigenvalue weighted by Crippen LogP contribution is -2.06. The van der Waals surface area contributed by atoms with Gasteiger partial charge >= 0.3 is 0 Å². The Kier molecular flexibility index (Phi) is 5.02. The molecule has 2 aromatic carbocycles. The summed E-state index contributed by atoms with van der Waals surface area (Å²) in [6, 6.07) is 8.39. The first kappa shape index (κ1) is 15.3. The molecular weight excluding hydrogens is 345 g/mol. The summed E-state index contributed by atoms with van der Waals surface area (Å²) in [6.07, 6.45) is 0. The molecule has 106 valence electrons. The summed E-state index contributed by atoms with van der Waals surface area (Å²) in [5, 5.41) is 0.356. The highest BCUT2D eigenvalue weighted by Gasteiger charge is 2.12. The summed E-state index contributed by atoms with van der Waals surface area (Å²) in [4.78, 5) is 0. The average molecular weight is 359 g/mol. The molecule has 0 saturated carbocycles. The molecule has 0 aliphatic rings. The Morgan fingerprint density at radius 3 is 2.75 bits per heavy atom. The number of ether oxygens (including phenoxy) is 1. The van der Waals surface area contributed by atoms with E-state index in [-0.39, 0.29) is 12.4 Å². The molecule has 2 aromatic rings. The Morgan fingerprint density at radius 1 is 1.35 bits per heavy atom. The lowest BCUT2D eigenvalue weighted by atomic mass is 10.1. The van der Waals surface area contributed by atoms with Gasteiger partial charge in [-0.3, -0.25) is 0 Å². The van der Waals surface area contributed by atoms with Gasteiger partial charge in [-0.1, -0.05) is 33.6 Å². The van der Waals surface area contributed by atoms with Gasteiger partial charge in [0.1, 0.15) is 18.2 Å². The van der Waals surface area contributed by atoms with Gasteiger partial charge in [-0.2, -0.15) is 0 Å². The van der Waals surface area contributed by atoms with Crippen molar-refractivity contribution in [1.82, 2.24) is 0 Å². The van der Waals surface area contributed by atoms with Gasteiger partial charge < -0.3 is 10.5 Å². The van der Waals surface area contributed by atoms with Crippen LogP contribution in [0.25, 0.3) is 0 Å². The maximum absolute atomic E-state index is 13.7. The van der Waals surface area contributed by atoms with E-state index >= 15 is 0 Å². The molecule has 0 atom stereocenters. The van der Waals surface area contributed by atoms with Crippen molar-refractivity contribution in [3.63, 3.8) is 0 Å². The van der Waals surface area contributed by atoms with Crippen LogP contribution >= 0.6 is 27.5 Å². The van der Waals surface area contributed by atoms with Crippen LogP contribution in [0, 0.1) is 12.7 Å². The van der Waals surface area contributed by atoms with E-state index in [1.54, 1.807) is 12.1 Å². The third-order valence-electron chi connectivity index (χ3n) is 2.96. The molecule has 0 aliphatic heterocycles. The summed E-state index contributed by atoms with van der Waals surface area (Å²) in [5.41, 5.74) is 7.87. The van der Waals surface area contributed by atoms with Gasteiger partial charge in [0.15, 0.2) is 0 Å². The second kappa shape index (κ2) is 6.57. The van der Waals surface area contributed by atoms with Crippen molar-refractivity contribution < 1.29 is 9.13 Å². The van der Waals surface area contributed by atoms with Crippen molar-refractivity contribution in [2.24, 2.45) is 5.73 Å². The molecule has 2 nitrogen and oxygen atoms in total. The van der Waals surface area contributed by atoms with Crippen molar-refractivity contribution in [1.29, 1.82) is 0 Å². The van der Waals surface area contributed by atoms with E-state index in [4.69, 9.17) is 22.1 Å². The highest BCUT2D eigenvalue weighted by molar-refractivity contribution is 9.10. The fourth-order valence-electron chi connectivity index (χ4n) is 1.97. The van der Waals surface area contributed by atoms with E-state index < -0.39 is 0 Å². The number of benzene rings is 2. The third kappa shape index (κ3) is 3.32. The minimum Gasteiger partial charge on any atom is -0.488 e. The van der Waals surface area contributed by atoms with Crippen LogP contribution in [0.2, 0.25) is 5.02 Å². The molecule has 0 fully saturated rings. The van der Waals surface area contributed by atoms with Crippen LogP contribution in [0.4, 0.5) is 4.39 Å². The van der Waals surface area contributed by atoms with Gasteiger partial charge in [0.2, 0.25) is 0 Å². The van der Waals surface area contributed by atoms with E-state index in [2.05, 4.69) is 15.9 Å². The summed E-state index contributed by atoms with van der Waals surface area (Å²) < 4.78 is 20.4. The highest BCUT2D eigenvalue weighted by Crippen LogP contribution is 2.29. The van der Waals surface area contributed by atoms with E-state index in [0.717, 1.165) is 15.6 Å². The largest absolute Gasteiger partial charge is 0.488 e. The lowest BCUT2D eigenvalue weighted by molar-refractivity contribution is 0.295. The summed E-state index contributed by atoms with van der Waals surface area (Å²) in [6.45, 7) is 2.34. The number of hydrogen-bond donors (Lipinski definition) is 1. The maximum Gasteiger partial charge on any atom is 0.131 e. The number of rotatable bonds is 4. The molecule has 5 heteroatoms. The van der Waals surface area contributed by atoms with Crippen molar-refractivity contribution >= 4 is 27.5 Å². The quantitative estimate of drug-likeness (QED) is 0.867. The summed E-state index contributed by atoms with van der Waals surface area (Å²) >= 11 is 9.40. The number of aryl methyl sites for hydroxylation is 1. The fraction of sp³-hybridized carbons (Fsp3) is 0.200. The van der Waals surface area contributed by atoms with Gasteiger partial charge in [-0.25, -0.2) is 4.39 Å². The number of nitrogens with two attached hydrogens (primary N) is 1. The number of halogens is 3. The Labute approximate surface area is 130 Å². The minimum absolute atomic E-state index is 0.0704. The van der Waals surface area contributed by atoms with Crippen LogP contribution in [0.1, 0.15) is 16.7 Å². The predicted molar refractivity (Wildman–Crippen MR) is 82.5 cm³/mol. The Balaban J connectivity index is 2.27. The first-order valence-corrected chi connectivity index (χ1v) is 7.24. The van der Waals surface area contributed by atoms with Gasteiger partial charge in [-0.05, 0) is 36.8 Å². The van der Waals surface area contributed by atoms with Crippen LogP contribution in [-0.4, -0.2) is 0 Å². The topological polar surface area (TPSA) is 35.2 Å². The molecule has 0 unspecified atom stereocenters. The first-order valence-electron chi connectivity index (χ1n) is 6.07.